The van der Waals surface area contributed by atoms with Gasteiger partial charge in [0.15, 0.2) is 5.65 Å². The van der Waals surface area contributed by atoms with Gasteiger partial charge < -0.3 is 5.32 Å². The summed E-state index contributed by atoms with van der Waals surface area (Å²) >= 11 is 0. The minimum atomic E-state index is -0.590. The maximum absolute atomic E-state index is 12.7. The van der Waals surface area contributed by atoms with Gasteiger partial charge in [-0.25, -0.2) is 9.67 Å². The molecule has 0 unspecified atom stereocenters. The van der Waals surface area contributed by atoms with Crippen LogP contribution in [-0.4, -0.2) is 30.2 Å². The summed E-state index contributed by atoms with van der Waals surface area (Å²) in [5.41, 5.74) is 0.514. The summed E-state index contributed by atoms with van der Waals surface area (Å²) in [5.74, 6) is -0.585. The van der Waals surface area contributed by atoms with Crippen LogP contribution in [0, 0.1) is 10.1 Å². The van der Waals surface area contributed by atoms with E-state index in [1.165, 1.54) is 35.4 Å². The SMILES string of the molecule is O=C(Cn1cnc2c(cnn2-c2ccccc2)c1=O)Nc1ccccc1[N+](=O)[O-]. The molecule has 0 aliphatic carbocycles. The van der Waals surface area contributed by atoms with Crippen LogP contribution in [0.1, 0.15) is 0 Å². The number of anilines is 1. The van der Waals surface area contributed by atoms with E-state index in [1.54, 1.807) is 6.07 Å². The van der Waals surface area contributed by atoms with Crippen molar-refractivity contribution in [3.63, 3.8) is 0 Å². The number of hydrogen-bond acceptors (Lipinski definition) is 6. The first-order valence-electron chi connectivity index (χ1n) is 8.56. The molecule has 2 aromatic carbocycles. The van der Waals surface area contributed by atoms with Crippen molar-refractivity contribution in [3.8, 4) is 5.69 Å². The number of hydrogen-bond donors (Lipinski definition) is 1. The van der Waals surface area contributed by atoms with Crippen molar-refractivity contribution >= 4 is 28.3 Å². The summed E-state index contributed by atoms with van der Waals surface area (Å²) in [7, 11) is 0. The van der Waals surface area contributed by atoms with Crippen LogP contribution >= 0.6 is 0 Å². The van der Waals surface area contributed by atoms with Gasteiger partial charge in [0, 0.05) is 6.07 Å². The average molecular weight is 390 g/mol. The fourth-order valence-electron chi connectivity index (χ4n) is 2.90. The zero-order chi connectivity index (χ0) is 20.4. The Balaban J connectivity index is 1.61. The fraction of sp³-hybridized carbons (Fsp3) is 0.0526. The Hall–Kier alpha value is -4.34. The largest absolute Gasteiger partial charge is 0.319 e. The Labute approximate surface area is 163 Å². The quantitative estimate of drug-likeness (QED) is 0.411. The minimum Gasteiger partial charge on any atom is -0.319 e. The van der Waals surface area contributed by atoms with Crippen LogP contribution < -0.4 is 10.9 Å². The zero-order valence-electron chi connectivity index (χ0n) is 14.9. The number of carbonyl (C=O) groups excluding carboxylic acids is 1. The van der Waals surface area contributed by atoms with E-state index in [-0.39, 0.29) is 23.3 Å². The number of nitrogens with zero attached hydrogens (tertiary/aromatic N) is 5. The lowest BCUT2D eigenvalue weighted by Crippen LogP contribution is -2.28. The maximum atomic E-state index is 12.7. The summed E-state index contributed by atoms with van der Waals surface area (Å²) in [6, 6.07) is 15.0. The third-order valence-corrected chi connectivity index (χ3v) is 4.24. The Bertz CT molecular complexity index is 1280. The number of carbonyl (C=O) groups is 1. The van der Waals surface area contributed by atoms with E-state index in [2.05, 4.69) is 15.4 Å². The number of nitro groups is 1. The molecule has 0 atom stereocenters. The molecule has 10 heteroatoms. The van der Waals surface area contributed by atoms with Crippen molar-refractivity contribution in [1.82, 2.24) is 19.3 Å². The molecular formula is C19H14N6O4. The number of nitro benzene ring substituents is 1. The third-order valence-electron chi connectivity index (χ3n) is 4.24. The molecule has 0 saturated heterocycles. The molecule has 0 fully saturated rings. The molecule has 0 aliphatic rings. The molecule has 0 bridgehead atoms. The lowest BCUT2D eigenvalue weighted by molar-refractivity contribution is -0.383. The Morgan fingerprint density at radius 2 is 1.83 bits per heavy atom. The monoisotopic (exact) mass is 390 g/mol. The molecule has 10 nitrogen and oxygen atoms in total. The van der Waals surface area contributed by atoms with Gasteiger partial charge in [-0.3, -0.25) is 24.3 Å². The number of para-hydroxylation sites is 3. The van der Waals surface area contributed by atoms with Gasteiger partial charge in [0.05, 0.1) is 16.8 Å². The molecule has 0 aliphatic heterocycles. The topological polar surface area (TPSA) is 125 Å². The van der Waals surface area contributed by atoms with E-state index in [4.69, 9.17) is 0 Å². The van der Waals surface area contributed by atoms with E-state index >= 15 is 0 Å². The van der Waals surface area contributed by atoms with E-state index < -0.39 is 16.4 Å². The number of amides is 1. The highest BCUT2D eigenvalue weighted by molar-refractivity contribution is 5.93. The molecule has 2 aromatic heterocycles. The molecular weight excluding hydrogens is 376 g/mol. The molecule has 4 rings (SSSR count). The van der Waals surface area contributed by atoms with Crippen molar-refractivity contribution < 1.29 is 9.72 Å². The van der Waals surface area contributed by atoms with Crippen molar-refractivity contribution in [2.45, 2.75) is 6.54 Å². The van der Waals surface area contributed by atoms with Gasteiger partial charge in [-0.1, -0.05) is 30.3 Å². The maximum Gasteiger partial charge on any atom is 0.292 e. The second kappa shape index (κ2) is 7.35. The van der Waals surface area contributed by atoms with Gasteiger partial charge in [-0.05, 0) is 18.2 Å². The van der Waals surface area contributed by atoms with Gasteiger partial charge in [-0.2, -0.15) is 5.10 Å². The van der Waals surface area contributed by atoms with E-state index in [1.807, 2.05) is 30.3 Å². The van der Waals surface area contributed by atoms with Crippen LogP contribution in [-0.2, 0) is 11.3 Å². The first-order valence-corrected chi connectivity index (χ1v) is 8.56. The van der Waals surface area contributed by atoms with Gasteiger partial charge in [0.25, 0.3) is 11.2 Å². The van der Waals surface area contributed by atoms with E-state index in [0.29, 0.717) is 5.65 Å². The van der Waals surface area contributed by atoms with Crippen molar-refractivity contribution in [1.29, 1.82) is 0 Å². The molecule has 4 aromatic rings. The lowest BCUT2D eigenvalue weighted by atomic mass is 10.2. The van der Waals surface area contributed by atoms with Crippen LogP contribution in [0.3, 0.4) is 0 Å². The average Bonchev–Trinajstić information content (AvgIpc) is 3.16. The molecule has 1 N–H and O–H groups in total. The number of nitrogens with one attached hydrogen (secondary N) is 1. The number of rotatable bonds is 5. The predicted octanol–water partition coefficient (Wildman–Crippen LogP) is 2.13. The van der Waals surface area contributed by atoms with Gasteiger partial charge in [0.2, 0.25) is 5.91 Å². The Kier molecular flexibility index (Phi) is 4.57. The van der Waals surface area contributed by atoms with Crippen LogP contribution in [0.25, 0.3) is 16.7 Å². The van der Waals surface area contributed by atoms with Crippen molar-refractivity contribution in [2.75, 3.05) is 5.32 Å². The Morgan fingerprint density at radius 3 is 2.59 bits per heavy atom. The summed E-state index contributed by atoms with van der Waals surface area (Å²) < 4.78 is 2.66. The second-order valence-corrected chi connectivity index (χ2v) is 6.13. The van der Waals surface area contributed by atoms with Gasteiger partial charge in [-0.15, -0.1) is 0 Å². The van der Waals surface area contributed by atoms with E-state index in [0.717, 1.165) is 10.3 Å². The minimum absolute atomic E-state index is 0.0569. The highest BCUT2D eigenvalue weighted by Gasteiger charge is 2.17. The summed E-state index contributed by atoms with van der Waals surface area (Å²) in [5, 5.41) is 18.0. The summed E-state index contributed by atoms with van der Waals surface area (Å²) in [6.07, 6.45) is 2.65. The van der Waals surface area contributed by atoms with Crippen LogP contribution in [0.2, 0.25) is 0 Å². The highest BCUT2D eigenvalue weighted by Crippen LogP contribution is 2.23. The fourth-order valence-corrected chi connectivity index (χ4v) is 2.90. The zero-order valence-corrected chi connectivity index (χ0v) is 14.9. The summed E-state index contributed by atoms with van der Waals surface area (Å²) in [4.78, 5) is 39.8. The molecule has 0 radical (unpaired) electrons. The number of benzene rings is 2. The molecule has 144 valence electrons. The first kappa shape index (κ1) is 18.0. The highest BCUT2D eigenvalue weighted by atomic mass is 16.6. The molecule has 1 amide bonds. The second-order valence-electron chi connectivity index (χ2n) is 6.13. The molecule has 29 heavy (non-hydrogen) atoms. The lowest BCUT2D eigenvalue weighted by Gasteiger charge is -2.08. The predicted molar refractivity (Wildman–Crippen MR) is 105 cm³/mol. The number of aromatic nitrogens is 4. The third kappa shape index (κ3) is 3.46. The smallest absolute Gasteiger partial charge is 0.292 e. The van der Waals surface area contributed by atoms with Crippen LogP contribution in [0.15, 0.2) is 71.9 Å². The summed E-state index contributed by atoms with van der Waals surface area (Å²) in [6.45, 7) is -0.343. The van der Waals surface area contributed by atoms with Crippen molar-refractivity contribution in [3.05, 3.63) is 87.6 Å². The Morgan fingerprint density at radius 1 is 1.10 bits per heavy atom. The normalized spacial score (nSPS) is 10.8. The molecule has 2 heterocycles. The van der Waals surface area contributed by atoms with E-state index in [9.17, 15) is 19.7 Å². The van der Waals surface area contributed by atoms with Crippen LogP contribution in [0.4, 0.5) is 11.4 Å². The van der Waals surface area contributed by atoms with Gasteiger partial charge in [0.1, 0.15) is 23.9 Å². The molecule has 0 spiro atoms. The van der Waals surface area contributed by atoms with Crippen molar-refractivity contribution in [2.24, 2.45) is 0 Å². The molecule has 0 saturated carbocycles. The standard InChI is InChI=1S/C19H14N6O4/c26-17(22-15-8-4-5-9-16(15)25(28)29)11-23-12-20-18-14(19(23)27)10-21-24(18)13-6-2-1-3-7-13/h1-10,12H,11H2,(H,22,26). The first-order chi connectivity index (χ1) is 14.0. The van der Waals surface area contributed by atoms with Gasteiger partial charge >= 0.3 is 0 Å². The van der Waals surface area contributed by atoms with Crippen LogP contribution in [0.5, 0.6) is 0 Å². The number of fused-ring (bicyclic) bond motifs is 1.